The van der Waals surface area contributed by atoms with E-state index in [0.717, 1.165) is 11.1 Å². The molecule has 0 bridgehead atoms. The molecule has 1 aliphatic rings. The van der Waals surface area contributed by atoms with Crippen LogP contribution in [0.2, 0.25) is 0 Å². The number of alkyl halides is 3. The highest BCUT2D eigenvalue weighted by Gasteiger charge is 2.31. The van der Waals surface area contributed by atoms with Crippen LogP contribution in [0.25, 0.3) is 0 Å². The molecule has 0 saturated carbocycles. The number of nitrogens with one attached hydrogen (secondary N) is 1. The summed E-state index contributed by atoms with van der Waals surface area (Å²) < 4.78 is 45.6. The molecule has 168 valence electrons. The van der Waals surface area contributed by atoms with Crippen molar-refractivity contribution >= 4 is 11.8 Å². The Bertz CT molecular complexity index is 900. The average molecular weight is 440 g/mol. The summed E-state index contributed by atoms with van der Waals surface area (Å²) in [6, 6.07) is 5.68. The minimum Gasteiger partial charge on any atom is -0.406 e. The normalized spacial score (nSPS) is 15.1. The lowest BCUT2D eigenvalue weighted by atomic mass is 10.2. The summed E-state index contributed by atoms with van der Waals surface area (Å²) in [5, 5.41) is 6.41. The van der Waals surface area contributed by atoms with E-state index < -0.39 is 18.2 Å². The highest BCUT2D eigenvalue weighted by molar-refractivity contribution is 6.35. The molecule has 1 aromatic carbocycles. The third kappa shape index (κ3) is 6.20. The summed E-state index contributed by atoms with van der Waals surface area (Å²) in [7, 11) is 0. The van der Waals surface area contributed by atoms with E-state index in [1.54, 1.807) is 26.0 Å². The molecule has 2 amide bonds. The van der Waals surface area contributed by atoms with E-state index >= 15 is 0 Å². The van der Waals surface area contributed by atoms with Crippen molar-refractivity contribution in [1.29, 1.82) is 0 Å². The summed E-state index contributed by atoms with van der Waals surface area (Å²) in [6.45, 7) is 6.04. The zero-order chi connectivity index (χ0) is 22.6. The van der Waals surface area contributed by atoms with Gasteiger partial charge in [-0.05, 0) is 31.5 Å². The van der Waals surface area contributed by atoms with E-state index in [4.69, 9.17) is 4.52 Å². The van der Waals surface area contributed by atoms with Gasteiger partial charge in [-0.3, -0.25) is 14.5 Å². The van der Waals surface area contributed by atoms with Gasteiger partial charge in [0.2, 0.25) is 0 Å². The maximum absolute atomic E-state index is 12.4. The fourth-order valence-electron chi connectivity index (χ4n) is 3.31. The highest BCUT2D eigenvalue weighted by Crippen LogP contribution is 2.23. The van der Waals surface area contributed by atoms with Crippen LogP contribution < -0.4 is 10.1 Å². The molecule has 11 heteroatoms. The monoisotopic (exact) mass is 440 g/mol. The molecule has 2 aromatic rings. The van der Waals surface area contributed by atoms with Crippen LogP contribution in [0.4, 0.5) is 13.2 Å². The van der Waals surface area contributed by atoms with Crippen molar-refractivity contribution < 1.29 is 32.0 Å². The van der Waals surface area contributed by atoms with Crippen molar-refractivity contribution in [2.24, 2.45) is 0 Å². The number of aromatic nitrogens is 1. The van der Waals surface area contributed by atoms with Gasteiger partial charge in [-0.15, -0.1) is 13.2 Å². The van der Waals surface area contributed by atoms with E-state index in [1.807, 2.05) is 0 Å². The van der Waals surface area contributed by atoms with Crippen LogP contribution >= 0.6 is 0 Å². The third-order valence-electron chi connectivity index (χ3n) is 5.02. The molecule has 0 spiro atoms. The van der Waals surface area contributed by atoms with Crippen LogP contribution in [-0.2, 0) is 22.7 Å². The number of benzene rings is 1. The number of carbonyl (C=O) groups is 2. The first-order valence-corrected chi connectivity index (χ1v) is 9.68. The molecule has 3 rings (SSSR count). The van der Waals surface area contributed by atoms with E-state index in [0.29, 0.717) is 44.2 Å². The molecule has 1 N–H and O–H groups in total. The quantitative estimate of drug-likeness (QED) is 0.717. The Morgan fingerprint density at radius 2 is 1.77 bits per heavy atom. The lowest BCUT2D eigenvalue weighted by Gasteiger charge is -2.34. The molecule has 1 aromatic heterocycles. The molecule has 0 aliphatic carbocycles. The summed E-state index contributed by atoms with van der Waals surface area (Å²) in [5.41, 5.74) is 2.24. The van der Waals surface area contributed by atoms with Crippen LogP contribution in [0.5, 0.6) is 5.75 Å². The molecular formula is C20H23F3N4O4. The second-order valence-electron chi connectivity index (χ2n) is 7.25. The van der Waals surface area contributed by atoms with Crippen molar-refractivity contribution in [3.8, 4) is 5.75 Å². The predicted octanol–water partition coefficient (Wildman–Crippen LogP) is 2.15. The minimum atomic E-state index is -4.72. The highest BCUT2D eigenvalue weighted by atomic mass is 19.4. The van der Waals surface area contributed by atoms with Crippen LogP contribution in [0.3, 0.4) is 0 Å². The van der Waals surface area contributed by atoms with Crippen molar-refractivity contribution in [1.82, 2.24) is 20.3 Å². The van der Waals surface area contributed by atoms with E-state index in [1.165, 1.54) is 17.0 Å². The topological polar surface area (TPSA) is 87.9 Å². The molecule has 1 fully saturated rings. The fraction of sp³-hybridized carbons (Fsp3) is 0.450. The number of ether oxygens (including phenoxy) is 1. The average Bonchev–Trinajstić information content (AvgIpc) is 3.04. The number of piperazine rings is 1. The Morgan fingerprint density at radius 3 is 2.32 bits per heavy atom. The molecule has 8 nitrogen and oxygen atoms in total. The Labute approximate surface area is 176 Å². The Hall–Kier alpha value is -3.08. The first-order chi connectivity index (χ1) is 14.6. The maximum atomic E-state index is 12.4. The molecule has 1 aliphatic heterocycles. The van der Waals surface area contributed by atoms with Crippen LogP contribution in [0.15, 0.2) is 28.8 Å². The van der Waals surface area contributed by atoms with Crippen molar-refractivity contribution in [3.05, 3.63) is 46.8 Å². The van der Waals surface area contributed by atoms with Gasteiger partial charge in [0.05, 0.1) is 5.69 Å². The van der Waals surface area contributed by atoms with Gasteiger partial charge in [-0.25, -0.2) is 0 Å². The summed E-state index contributed by atoms with van der Waals surface area (Å²) in [4.78, 5) is 28.1. The van der Waals surface area contributed by atoms with Crippen LogP contribution in [-0.4, -0.2) is 59.3 Å². The van der Waals surface area contributed by atoms with E-state index in [-0.39, 0.29) is 12.3 Å². The number of hydrogen-bond acceptors (Lipinski definition) is 6. The SMILES string of the molecule is Cc1noc(C)c1CNC(=O)C(=O)N1CCN(Cc2ccc(OC(F)(F)F)cc2)CC1. The second-order valence-corrected chi connectivity index (χ2v) is 7.25. The van der Waals surface area contributed by atoms with Gasteiger partial charge in [0.1, 0.15) is 11.5 Å². The number of nitrogens with zero attached hydrogens (tertiary/aromatic N) is 3. The van der Waals surface area contributed by atoms with Crippen LogP contribution in [0, 0.1) is 13.8 Å². The Morgan fingerprint density at radius 1 is 1.13 bits per heavy atom. The largest absolute Gasteiger partial charge is 0.573 e. The molecule has 0 atom stereocenters. The Kier molecular flexibility index (Phi) is 6.84. The smallest absolute Gasteiger partial charge is 0.406 e. The molecular weight excluding hydrogens is 417 g/mol. The number of carbonyl (C=O) groups excluding carboxylic acids is 2. The number of halogens is 3. The Balaban J connectivity index is 1.44. The van der Waals surface area contributed by atoms with Gasteiger partial charge in [-0.1, -0.05) is 17.3 Å². The number of hydrogen-bond donors (Lipinski definition) is 1. The zero-order valence-corrected chi connectivity index (χ0v) is 17.2. The zero-order valence-electron chi connectivity index (χ0n) is 17.2. The number of rotatable bonds is 5. The molecule has 31 heavy (non-hydrogen) atoms. The molecule has 0 radical (unpaired) electrons. The van der Waals surface area contributed by atoms with Crippen molar-refractivity contribution in [2.45, 2.75) is 33.3 Å². The molecule has 1 saturated heterocycles. The maximum Gasteiger partial charge on any atom is 0.573 e. The minimum absolute atomic E-state index is 0.166. The van der Waals surface area contributed by atoms with E-state index in [2.05, 4.69) is 20.1 Å². The molecule has 0 unspecified atom stereocenters. The second kappa shape index (κ2) is 9.38. The van der Waals surface area contributed by atoms with E-state index in [9.17, 15) is 22.8 Å². The standard InChI is InChI=1S/C20H23F3N4O4/c1-13-17(14(2)31-25-13)11-24-18(28)19(29)27-9-7-26(8-10-27)12-15-3-5-16(6-4-15)30-20(21,22)23/h3-6H,7-12H2,1-2H3,(H,24,28). The van der Waals surface area contributed by atoms with Gasteiger partial charge < -0.3 is 19.5 Å². The van der Waals surface area contributed by atoms with Gasteiger partial charge in [0, 0.05) is 44.8 Å². The van der Waals surface area contributed by atoms with Gasteiger partial charge in [-0.2, -0.15) is 0 Å². The van der Waals surface area contributed by atoms with Gasteiger partial charge in [0.15, 0.2) is 0 Å². The van der Waals surface area contributed by atoms with Crippen molar-refractivity contribution in [3.63, 3.8) is 0 Å². The lowest BCUT2D eigenvalue weighted by molar-refractivity contribution is -0.274. The lowest BCUT2D eigenvalue weighted by Crippen LogP contribution is -2.52. The first kappa shape index (κ1) is 22.6. The summed E-state index contributed by atoms with van der Waals surface area (Å²) in [5.74, 6) is -0.958. The van der Waals surface area contributed by atoms with Gasteiger partial charge in [0.25, 0.3) is 0 Å². The molecule has 2 heterocycles. The summed E-state index contributed by atoms with van der Waals surface area (Å²) >= 11 is 0. The van der Waals surface area contributed by atoms with Crippen molar-refractivity contribution in [2.75, 3.05) is 26.2 Å². The fourth-order valence-corrected chi connectivity index (χ4v) is 3.31. The number of amides is 2. The number of aryl methyl sites for hydroxylation is 2. The van der Waals surface area contributed by atoms with Crippen LogP contribution in [0.1, 0.15) is 22.6 Å². The van der Waals surface area contributed by atoms with Gasteiger partial charge >= 0.3 is 18.2 Å². The first-order valence-electron chi connectivity index (χ1n) is 9.68. The predicted molar refractivity (Wildman–Crippen MR) is 103 cm³/mol. The summed E-state index contributed by atoms with van der Waals surface area (Å²) in [6.07, 6.45) is -4.72. The third-order valence-corrected chi connectivity index (χ3v) is 5.02.